The molecule has 3 rings (SSSR count). The Labute approximate surface area is 132 Å². The molecule has 114 valence electrons. The number of nitriles is 1. The van der Waals surface area contributed by atoms with Crippen LogP contribution in [0.1, 0.15) is 22.4 Å². The van der Waals surface area contributed by atoms with Crippen LogP contribution in [0, 0.1) is 48.9 Å². The zero-order valence-corrected chi connectivity index (χ0v) is 13.1. The van der Waals surface area contributed by atoms with Gasteiger partial charge in [-0.05, 0) is 37.7 Å². The van der Waals surface area contributed by atoms with E-state index in [0.29, 0.717) is 10.6 Å². The molecular weight excluding hydrogens is 300 g/mol. The predicted octanol–water partition coefficient (Wildman–Crippen LogP) is 2.70. The van der Waals surface area contributed by atoms with Crippen LogP contribution in [0.3, 0.4) is 0 Å². The Balaban J connectivity index is 1.86. The molecule has 0 saturated heterocycles. The molecule has 2 bridgehead atoms. The summed E-state index contributed by atoms with van der Waals surface area (Å²) in [6.45, 7) is 3.75. The molecule has 2 aliphatic carbocycles. The Morgan fingerprint density at radius 2 is 1.95 bits per heavy atom. The van der Waals surface area contributed by atoms with Crippen molar-refractivity contribution in [2.75, 3.05) is 5.32 Å². The van der Waals surface area contributed by atoms with Gasteiger partial charge in [0.2, 0.25) is 5.91 Å². The molecule has 1 fully saturated rings. The second-order valence-electron chi connectivity index (χ2n) is 5.93. The van der Waals surface area contributed by atoms with Crippen molar-refractivity contribution in [3.63, 3.8) is 0 Å². The highest BCUT2D eigenvalue weighted by Gasteiger charge is 2.51. The number of hydrogen-bond acceptors (Lipinski definition) is 4. The summed E-state index contributed by atoms with van der Waals surface area (Å²) >= 11 is 1.36. The number of amides is 1. The van der Waals surface area contributed by atoms with Gasteiger partial charge in [-0.2, -0.15) is 5.26 Å². The van der Waals surface area contributed by atoms with Gasteiger partial charge in [0.05, 0.1) is 17.4 Å². The van der Waals surface area contributed by atoms with Gasteiger partial charge in [-0.15, -0.1) is 11.3 Å². The second kappa shape index (κ2) is 5.25. The highest BCUT2D eigenvalue weighted by atomic mass is 32.1. The normalized spacial score (nSPS) is 28.6. The molecule has 1 aromatic heterocycles. The number of rotatable bonds is 3. The molecule has 1 saturated carbocycles. The van der Waals surface area contributed by atoms with Crippen molar-refractivity contribution in [3.8, 4) is 6.07 Å². The third kappa shape index (κ3) is 2.13. The molecule has 5 nitrogen and oxygen atoms in total. The van der Waals surface area contributed by atoms with E-state index >= 15 is 0 Å². The number of carboxylic acids is 1. The van der Waals surface area contributed by atoms with Crippen LogP contribution in [-0.4, -0.2) is 17.0 Å². The van der Waals surface area contributed by atoms with E-state index in [-0.39, 0.29) is 17.7 Å². The van der Waals surface area contributed by atoms with Crippen molar-refractivity contribution >= 4 is 28.2 Å². The molecule has 0 spiro atoms. The topological polar surface area (TPSA) is 90.2 Å². The van der Waals surface area contributed by atoms with Crippen LogP contribution >= 0.6 is 11.3 Å². The smallest absolute Gasteiger partial charge is 0.307 e. The van der Waals surface area contributed by atoms with Gasteiger partial charge < -0.3 is 10.4 Å². The minimum atomic E-state index is -0.920. The van der Waals surface area contributed by atoms with Crippen LogP contribution in [0.2, 0.25) is 0 Å². The summed E-state index contributed by atoms with van der Waals surface area (Å²) in [6, 6.07) is 2.11. The minimum Gasteiger partial charge on any atom is -0.481 e. The van der Waals surface area contributed by atoms with Crippen molar-refractivity contribution in [3.05, 3.63) is 28.2 Å². The molecular formula is C16H16N2O3S. The Bertz CT molecular complexity index is 728. The van der Waals surface area contributed by atoms with Gasteiger partial charge in [-0.3, -0.25) is 9.59 Å². The predicted molar refractivity (Wildman–Crippen MR) is 82.5 cm³/mol. The number of fused-ring (bicyclic) bond motifs is 2. The molecule has 4 atom stereocenters. The largest absolute Gasteiger partial charge is 0.481 e. The van der Waals surface area contributed by atoms with E-state index in [1.54, 1.807) is 0 Å². The molecule has 0 aliphatic heterocycles. The zero-order valence-electron chi connectivity index (χ0n) is 12.3. The maximum atomic E-state index is 12.6. The molecule has 0 radical (unpaired) electrons. The molecule has 6 heteroatoms. The molecule has 2 aliphatic rings. The summed E-state index contributed by atoms with van der Waals surface area (Å²) in [4.78, 5) is 25.1. The van der Waals surface area contributed by atoms with Gasteiger partial charge >= 0.3 is 5.97 Å². The number of carbonyl (C=O) groups excluding carboxylic acids is 1. The van der Waals surface area contributed by atoms with Crippen molar-refractivity contribution < 1.29 is 14.7 Å². The number of aryl methyl sites for hydroxylation is 1. The third-order valence-corrected chi connectivity index (χ3v) is 5.90. The molecule has 2 N–H and O–H groups in total. The van der Waals surface area contributed by atoms with E-state index < -0.39 is 17.8 Å². The van der Waals surface area contributed by atoms with Crippen molar-refractivity contribution in [2.45, 2.75) is 20.3 Å². The minimum absolute atomic E-state index is 0.0150. The summed E-state index contributed by atoms with van der Waals surface area (Å²) in [7, 11) is 0. The van der Waals surface area contributed by atoms with Gasteiger partial charge in [0, 0.05) is 4.88 Å². The van der Waals surface area contributed by atoms with Gasteiger partial charge in [0.15, 0.2) is 0 Å². The van der Waals surface area contributed by atoms with E-state index in [1.165, 1.54) is 11.3 Å². The fraction of sp³-hybridized carbons (Fsp3) is 0.438. The lowest BCUT2D eigenvalue weighted by molar-refractivity contribution is -0.146. The lowest BCUT2D eigenvalue weighted by atomic mass is 9.82. The lowest BCUT2D eigenvalue weighted by Crippen LogP contribution is -2.36. The Hall–Kier alpha value is -2.13. The number of anilines is 1. The number of thiophene rings is 1. The monoisotopic (exact) mass is 316 g/mol. The molecule has 1 heterocycles. The Morgan fingerprint density at radius 3 is 2.55 bits per heavy atom. The third-order valence-electron chi connectivity index (χ3n) is 4.78. The van der Waals surface area contributed by atoms with E-state index in [4.69, 9.17) is 0 Å². The SMILES string of the molecule is Cc1sc(NC(=O)[C@@H]2[C@H](C(=O)O)[C@H]3C=C[C@H]2C3)c(C#N)c1C. The van der Waals surface area contributed by atoms with E-state index in [9.17, 15) is 20.0 Å². The zero-order chi connectivity index (χ0) is 16.0. The summed E-state index contributed by atoms with van der Waals surface area (Å²) in [5.74, 6) is -2.50. The van der Waals surface area contributed by atoms with Crippen molar-refractivity contribution in [1.29, 1.82) is 5.26 Å². The Kier molecular flexibility index (Phi) is 3.53. The fourth-order valence-electron chi connectivity index (χ4n) is 3.56. The number of carbonyl (C=O) groups is 2. The quantitative estimate of drug-likeness (QED) is 0.839. The van der Waals surface area contributed by atoms with E-state index in [1.807, 2.05) is 26.0 Å². The lowest BCUT2D eigenvalue weighted by Gasteiger charge is -2.23. The van der Waals surface area contributed by atoms with Crippen molar-refractivity contribution in [2.24, 2.45) is 23.7 Å². The first-order valence-electron chi connectivity index (χ1n) is 7.16. The van der Waals surface area contributed by atoms with Crippen LogP contribution in [0.5, 0.6) is 0 Å². The van der Waals surface area contributed by atoms with Crippen LogP contribution in [0.4, 0.5) is 5.00 Å². The average molecular weight is 316 g/mol. The van der Waals surface area contributed by atoms with Crippen LogP contribution in [0.15, 0.2) is 12.2 Å². The first-order chi connectivity index (χ1) is 10.4. The van der Waals surface area contributed by atoms with Crippen LogP contribution in [0.25, 0.3) is 0 Å². The summed E-state index contributed by atoms with van der Waals surface area (Å²) < 4.78 is 0. The van der Waals surface area contributed by atoms with Crippen LogP contribution in [-0.2, 0) is 9.59 Å². The van der Waals surface area contributed by atoms with Gasteiger partial charge in [0.25, 0.3) is 0 Å². The summed E-state index contributed by atoms with van der Waals surface area (Å²) in [5, 5.41) is 22.0. The van der Waals surface area contributed by atoms with E-state index in [0.717, 1.165) is 16.9 Å². The molecule has 1 amide bonds. The molecule has 0 unspecified atom stereocenters. The van der Waals surface area contributed by atoms with Gasteiger partial charge in [-0.25, -0.2) is 0 Å². The molecule has 0 aromatic carbocycles. The maximum Gasteiger partial charge on any atom is 0.307 e. The average Bonchev–Trinajstić information content (AvgIpc) is 3.13. The standard InChI is InChI=1S/C16H16N2O3S/c1-7-8(2)22-15(11(7)6-17)18-14(19)12-9-3-4-10(5-9)13(12)16(20)21/h3-4,9-10,12-13H,5H2,1-2H3,(H,18,19)(H,20,21)/t9-,10-,12-,13+/m0/s1. The van der Waals surface area contributed by atoms with E-state index in [2.05, 4.69) is 11.4 Å². The number of hydrogen-bond donors (Lipinski definition) is 2. The Morgan fingerprint density at radius 1 is 1.32 bits per heavy atom. The van der Waals surface area contributed by atoms with Gasteiger partial charge in [0.1, 0.15) is 11.1 Å². The first kappa shape index (κ1) is 14.8. The number of allylic oxidation sites excluding steroid dienone is 2. The molecule has 22 heavy (non-hydrogen) atoms. The fourth-order valence-corrected chi connectivity index (χ4v) is 4.57. The second-order valence-corrected chi connectivity index (χ2v) is 7.15. The first-order valence-corrected chi connectivity index (χ1v) is 7.97. The van der Waals surface area contributed by atoms with Crippen LogP contribution < -0.4 is 5.32 Å². The highest BCUT2D eigenvalue weighted by Crippen LogP contribution is 2.48. The summed E-state index contributed by atoms with van der Waals surface area (Å²) in [5.41, 5.74) is 1.34. The number of nitrogens with one attached hydrogen (secondary N) is 1. The highest BCUT2D eigenvalue weighted by molar-refractivity contribution is 7.16. The van der Waals surface area contributed by atoms with Crippen molar-refractivity contribution in [1.82, 2.24) is 0 Å². The van der Waals surface area contributed by atoms with Gasteiger partial charge in [-0.1, -0.05) is 12.2 Å². The molecule has 1 aromatic rings. The number of nitrogens with zero attached hydrogens (tertiary/aromatic N) is 1. The number of carboxylic acid groups (broad SMARTS) is 1. The number of aliphatic carboxylic acids is 1. The summed E-state index contributed by atoms with van der Waals surface area (Å²) in [6.07, 6.45) is 4.58. The maximum absolute atomic E-state index is 12.6.